The van der Waals surface area contributed by atoms with E-state index in [9.17, 15) is 4.39 Å². The second-order valence-corrected chi connectivity index (χ2v) is 6.69. The van der Waals surface area contributed by atoms with Crippen LogP contribution in [-0.4, -0.2) is 37.2 Å². The molecule has 0 aliphatic rings. The molecule has 5 nitrogen and oxygen atoms in total. The number of aryl methyl sites for hydroxylation is 2. The Kier molecular flexibility index (Phi) is 7.66. The molecule has 0 radical (unpaired) electrons. The van der Waals surface area contributed by atoms with Crippen molar-refractivity contribution in [2.75, 3.05) is 20.1 Å². The van der Waals surface area contributed by atoms with Crippen molar-refractivity contribution in [3.63, 3.8) is 0 Å². The van der Waals surface area contributed by atoms with Crippen molar-refractivity contribution in [1.29, 1.82) is 0 Å². The Morgan fingerprint density at radius 1 is 1.32 bits per heavy atom. The first-order chi connectivity index (χ1) is 12.1. The maximum Gasteiger partial charge on any atom is 0.191 e. The summed E-state index contributed by atoms with van der Waals surface area (Å²) in [5.74, 6) is 1.12. The van der Waals surface area contributed by atoms with E-state index in [1.54, 1.807) is 30.5 Å². The minimum Gasteiger partial charge on any atom is -0.489 e. The number of hydrogen-bond donors (Lipinski definition) is 2. The highest BCUT2D eigenvalue weighted by atomic mass is 32.1. The molecule has 7 heteroatoms. The van der Waals surface area contributed by atoms with Gasteiger partial charge in [0.25, 0.3) is 0 Å². The maximum atomic E-state index is 12.9. The quantitative estimate of drug-likeness (QED) is 0.429. The highest BCUT2D eigenvalue weighted by molar-refractivity contribution is 7.09. The molecule has 0 spiro atoms. The number of nitrogens with zero attached hydrogens (tertiary/aromatic N) is 2. The van der Waals surface area contributed by atoms with Crippen LogP contribution in [0, 0.1) is 12.7 Å². The number of aromatic nitrogens is 1. The number of hydrogen-bond acceptors (Lipinski definition) is 4. The van der Waals surface area contributed by atoms with E-state index in [1.807, 2.05) is 13.8 Å². The Morgan fingerprint density at radius 2 is 2.08 bits per heavy atom. The van der Waals surface area contributed by atoms with E-state index in [0.717, 1.165) is 31.0 Å². The van der Waals surface area contributed by atoms with Crippen molar-refractivity contribution >= 4 is 17.3 Å². The minimum atomic E-state index is -0.268. The van der Waals surface area contributed by atoms with Gasteiger partial charge in [0.15, 0.2) is 5.96 Å². The summed E-state index contributed by atoms with van der Waals surface area (Å²) < 4.78 is 18.6. The molecule has 0 fully saturated rings. The summed E-state index contributed by atoms with van der Waals surface area (Å²) in [6.45, 7) is 5.39. The van der Waals surface area contributed by atoms with Crippen molar-refractivity contribution in [2.45, 2.75) is 32.8 Å². The smallest absolute Gasteiger partial charge is 0.191 e. The second kappa shape index (κ2) is 9.98. The normalized spacial score (nSPS) is 12.7. The van der Waals surface area contributed by atoms with Gasteiger partial charge in [-0.15, -0.1) is 11.3 Å². The molecule has 2 aromatic rings. The molecule has 1 unspecified atom stereocenters. The lowest BCUT2D eigenvalue weighted by Gasteiger charge is -2.17. The van der Waals surface area contributed by atoms with Gasteiger partial charge in [0.1, 0.15) is 17.7 Å². The highest BCUT2D eigenvalue weighted by Crippen LogP contribution is 2.12. The summed E-state index contributed by atoms with van der Waals surface area (Å²) >= 11 is 1.71. The number of aliphatic imine (C=N–C) groups is 1. The summed E-state index contributed by atoms with van der Waals surface area (Å²) in [5, 5.41) is 9.76. The fourth-order valence-corrected chi connectivity index (χ4v) is 3.03. The first kappa shape index (κ1) is 19.2. The van der Waals surface area contributed by atoms with Crippen LogP contribution in [0.25, 0.3) is 0 Å². The van der Waals surface area contributed by atoms with Gasteiger partial charge >= 0.3 is 0 Å². The summed E-state index contributed by atoms with van der Waals surface area (Å²) in [6.07, 6.45) is 1.89. The van der Waals surface area contributed by atoms with Crippen LogP contribution in [0.3, 0.4) is 0 Å². The lowest BCUT2D eigenvalue weighted by atomic mass is 10.3. The van der Waals surface area contributed by atoms with Crippen LogP contribution < -0.4 is 15.4 Å². The van der Waals surface area contributed by atoms with Crippen molar-refractivity contribution < 1.29 is 9.13 Å². The van der Waals surface area contributed by atoms with Gasteiger partial charge in [-0.3, -0.25) is 4.99 Å². The van der Waals surface area contributed by atoms with E-state index in [1.165, 1.54) is 17.1 Å². The third-order valence-corrected chi connectivity index (χ3v) is 4.48. The Labute approximate surface area is 152 Å². The molecule has 0 aliphatic heterocycles. The zero-order valence-corrected chi connectivity index (χ0v) is 15.7. The second-order valence-electron chi connectivity index (χ2n) is 5.75. The molecule has 1 aromatic heterocycles. The monoisotopic (exact) mass is 364 g/mol. The maximum absolute atomic E-state index is 12.9. The number of guanidine groups is 1. The van der Waals surface area contributed by atoms with Crippen LogP contribution in [0.4, 0.5) is 4.39 Å². The zero-order valence-electron chi connectivity index (χ0n) is 14.9. The highest BCUT2D eigenvalue weighted by Gasteiger charge is 2.06. The molecule has 136 valence electrons. The molecule has 25 heavy (non-hydrogen) atoms. The van der Waals surface area contributed by atoms with Gasteiger partial charge in [0, 0.05) is 31.1 Å². The van der Waals surface area contributed by atoms with Crippen LogP contribution in [-0.2, 0) is 6.42 Å². The van der Waals surface area contributed by atoms with Gasteiger partial charge < -0.3 is 15.4 Å². The van der Waals surface area contributed by atoms with E-state index >= 15 is 0 Å². The number of ether oxygens (including phenoxy) is 1. The third kappa shape index (κ3) is 7.09. The largest absolute Gasteiger partial charge is 0.489 e. The number of thiazole rings is 1. The summed E-state index contributed by atoms with van der Waals surface area (Å²) in [4.78, 5) is 8.66. The van der Waals surface area contributed by atoms with Gasteiger partial charge in [-0.05, 0) is 44.5 Å². The molecule has 0 bridgehead atoms. The molecule has 1 aromatic carbocycles. The number of benzene rings is 1. The topological polar surface area (TPSA) is 58.5 Å². The molecule has 2 rings (SSSR count). The van der Waals surface area contributed by atoms with Gasteiger partial charge in [-0.2, -0.15) is 0 Å². The van der Waals surface area contributed by atoms with E-state index < -0.39 is 0 Å². The summed E-state index contributed by atoms with van der Waals surface area (Å²) in [7, 11) is 1.74. The SMILES string of the molecule is CN=C(NCCCc1nc(C)cs1)NCC(C)Oc1ccc(F)cc1. The predicted octanol–water partition coefficient (Wildman–Crippen LogP) is 3.16. The van der Waals surface area contributed by atoms with Crippen LogP contribution in [0.15, 0.2) is 34.6 Å². The van der Waals surface area contributed by atoms with Crippen LogP contribution in [0.5, 0.6) is 5.75 Å². The third-order valence-electron chi connectivity index (χ3n) is 3.46. The lowest BCUT2D eigenvalue weighted by Crippen LogP contribution is -2.42. The summed E-state index contributed by atoms with van der Waals surface area (Å²) in [6, 6.07) is 6.03. The van der Waals surface area contributed by atoms with E-state index in [2.05, 4.69) is 26.0 Å². The molecule has 0 saturated heterocycles. The van der Waals surface area contributed by atoms with Gasteiger partial charge in [0.2, 0.25) is 0 Å². The minimum absolute atomic E-state index is 0.0673. The molecular weight excluding hydrogens is 339 g/mol. The van der Waals surface area contributed by atoms with E-state index in [0.29, 0.717) is 12.3 Å². The lowest BCUT2D eigenvalue weighted by molar-refractivity contribution is 0.223. The molecule has 1 atom stereocenters. The van der Waals surface area contributed by atoms with Crippen LogP contribution in [0.2, 0.25) is 0 Å². The standard InChI is InChI=1S/C18H25FN4OS/c1-13-12-25-17(23-13)5-4-10-21-18(20-3)22-11-14(2)24-16-8-6-15(19)7-9-16/h6-9,12,14H,4-5,10-11H2,1-3H3,(H2,20,21,22). The Balaban J connectivity index is 1.64. The predicted molar refractivity (Wildman–Crippen MR) is 101 cm³/mol. The Bertz CT molecular complexity index is 672. The van der Waals surface area contributed by atoms with Crippen molar-refractivity contribution in [1.82, 2.24) is 15.6 Å². The fourth-order valence-electron chi connectivity index (χ4n) is 2.21. The molecule has 0 saturated carbocycles. The van der Waals surface area contributed by atoms with Crippen LogP contribution >= 0.6 is 11.3 Å². The molecule has 1 heterocycles. The van der Waals surface area contributed by atoms with Crippen molar-refractivity contribution in [2.24, 2.45) is 4.99 Å². The molecule has 0 aliphatic carbocycles. The first-order valence-electron chi connectivity index (χ1n) is 8.34. The number of halogens is 1. The van der Waals surface area contributed by atoms with Crippen molar-refractivity contribution in [3.05, 3.63) is 46.2 Å². The molecule has 0 amide bonds. The Hall–Kier alpha value is -2.15. The first-order valence-corrected chi connectivity index (χ1v) is 9.22. The fraction of sp³-hybridized carbons (Fsp3) is 0.444. The van der Waals surface area contributed by atoms with E-state index in [-0.39, 0.29) is 11.9 Å². The van der Waals surface area contributed by atoms with Gasteiger partial charge in [-0.25, -0.2) is 9.37 Å². The van der Waals surface area contributed by atoms with E-state index in [4.69, 9.17) is 4.74 Å². The van der Waals surface area contributed by atoms with Crippen LogP contribution in [0.1, 0.15) is 24.0 Å². The average Bonchev–Trinajstić information content (AvgIpc) is 3.01. The van der Waals surface area contributed by atoms with Gasteiger partial charge in [-0.1, -0.05) is 0 Å². The molecule has 2 N–H and O–H groups in total. The Morgan fingerprint density at radius 3 is 2.72 bits per heavy atom. The number of nitrogens with one attached hydrogen (secondary N) is 2. The van der Waals surface area contributed by atoms with Crippen molar-refractivity contribution in [3.8, 4) is 5.75 Å². The average molecular weight is 364 g/mol. The number of rotatable bonds is 8. The van der Waals surface area contributed by atoms with Gasteiger partial charge in [0.05, 0.1) is 11.6 Å². The summed E-state index contributed by atoms with van der Waals surface area (Å²) in [5.41, 5.74) is 1.08. The zero-order chi connectivity index (χ0) is 18.1. The molecular formula is C18H25FN4OS.